The number of ether oxygens (including phenoxy) is 1. The molecule has 1 N–H and O–H groups in total. The Morgan fingerprint density at radius 2 is 1.65 bits per heavy atom. The van der Waals surface area contributed by atoms with Gasteiger partial charge in [-0.05, 0) is 67.5 Å². The van der Waals surface area contributed by atoms with Crippen LogP contribution in [0.4, 0.5) is 11.4 Å². The molecule has 0 unspecified atom stereocenters. The van der Waals surface area contributed by atoms with E-state index in [0.717, 1.165) is 17.7 Å². The van der Waals surface area contributed by atoms with Crippen LogP contribution < -0.4 is 0 Å². The lowest BCUT2D eigenvalue weighted by molar-refractivity contribution is 0.0596. The quantitative estimate of drug-likeness (QED) is 0.551. The van der Waals surface area contributed by atoms with E-state index in [1.165, 1.54) is 12.7 Å². The van der Waals surface area contributed by atoms with E-state index < -0.39 is 5.97 Å². The summed E-state index contributed by atoms with van der Waals surface area (Å²) in [4.78, 5) is 12.0. The second-order valence-electron chi connectivity index (χ2n) is 6.90. The van der Waals surface area contributed by atoms with Crippen LogP contribution in [0.25, 0.3) is 0 Å². The first-order valence-corrected chi connectivity index (χ1v) is 8.68. The summed E-state index contributed by atoms with van der Waals surface area (Å²) in [5, 5.41) is 19.0. The van der Waals surface area contributed by atoms with Gasteiger partial charge in [0.15, 0.2) is 0 Å². The number of phenolic OH excluding ortho intramolecular Hbond substituents is 1. The summed E-state index contributed by atoms with van der Waals surface area (Å²) >= 11 is 0. The number of nitrogens with zero attached hydrogens (tertiary/aromatic N) is 2. The van der Waals surface area contributed by atoms with Gasteiger partial charge < -0.3 is 9.84 Å². The molecule has 2 rings (SSSR count). The van der Waals surface area contributed by atoms with E-state index in [9.17, 15) is 9.90 Å². The molecule has 0 aliphatic heterocycles. The zero-order chi connectivity index (χ0) is 19.4. The van der Waals surface area contributed by atoms with Crippen LogP contribution in [0.1, 0.15) is 46.5 Å². The summed E-state index contributed by atoms with van der Waals surface area (Å²) in [7, 11) is 1.29. The van der Waals surface area contributed by atoms with Crippen molar-refractivity contribution in [1.82, 2.24) is 0 Å². The van der Waals surface area contributed by atoms with E-state index in [-0.39, 0.29) is 11.3 Å². The number of benzene rings is 2. The molecule has 0 aliphatic rings. The number of rotatable bonds is 5. The Hall–Kier alpha value is -2.69. The number of hydrogen-bond acceptors (Lipinski definition) is 5. The average molecular weight is 354 g/mol. The molecule has 5 heteroatoms. The van der Waals surface area contributed by atoms with Gasteiger partial charge in [0.2, 0.25) is 0 Å². The van der Waals surface area contributed by atoms with Gasteiger partial charge in [-0.2, -0.15) is 5.11 Å². The van der Waals surface area contributed by atoms with E-state index in [1.807, 2.05) is 19.1 Å². The highest BCUT2D eigenvalue weighted by Gasteiger charge is 2.22. The molecule has 0 fully saturated rings. The van der Waals surface area contributed by atoms with E-state index in [0.29, 0.717) is 22.7 Å². The van der Waals surface area contributed by atoms with Crippen molar-refractivity contribution in [3.63, 3.8) is 0 Å². The molecule has 0 heterocycles. The minimum absolute atomic E-state index is 0.0659. The molecule has 0 aliphatic carbocycles. The Labute approximate surface area is 154 Å². The third-order valence-electron chi connectivity index (χ3n) is 4.48. The van der Waals surface area contributed by atoms with Crippen LogP contribution in [0.2, 0.25) is 0 Å². The number of phenols is 1. The summed E-state index contributed by atoms with van der Waals surface area (Å²) in [6, 6.07) is 7.97. The van der Waals surface area contributed by atoms with Crippen molar-refractivity contribution < 1.29 is 14.6 Å². The predicted octanol–water partition coefficient (Wildman–Crippen LogP) is 5.72. The van der Waals surface area contributed by atoms with Gasteiger partial charge in [0, 0.05) is 0 Å². The fourth-order valence-corrected chi connectivity index (χ4v) is 2.90. The molecular formula is C21H26N2O3. The van der Waals surface area contributed by atoms with E-state index in [1.54, 1.807) is 13.8 Å². The largest absolute Gasteiger partial charge is 0.507 e. The molecule has 0 radical (unpaired) electrons. The van der Waals surface area contributed by atoms with Gasteiger partial charge in [0.25, 0.3) is 0 Å². The Morgan fingerprint density at radius 3 is 2.19 bits per heavy atom. The van der Waals surface area contributed by atoms with Gasteiger partial charge in [-0.3, -0.25) is 0 Å². The Morgan fingerprint density at radius 1 is 1.04 bits per heavy atom. The van der Waals surface area contributed by atoms with Gasteiger partial charge in [-0.1, -0.05) is 26.0 Å². The van der Waals surface area contributed by atoms with Crippen LogP contribution in [-0.4, -0.2) is 18.2 Å². The van der Waals surface area contributed by atoms with Crippen molar-refractivity contribution in [2.75, 3.05) is 7.11 Å². The highest BCUT2D eigenvalue weighted by atomic mass is 16.5. The number of aromatic hydroxyl groups is 1. The van der Waals surface area contributed by atoms with Gasteiger partial charge in [-0.15, -0.1) is 5.11 Å². The van der Waals surface area contributed by atoms with Gasteiger partial charge in [-0.25, -0.2) is 4.79 Å². The molecule has 0 saturated heterocycles. The maximum absolute atomic E-state index is 12.0. The van der Waals surface area contributed by atoms with Gasteiger partial charge >= 0.3 is 5.97 Å². The first-order chi connectivity index (χ1) is 12.3. The summed E-state index contributed by atoms with van der Waals surface area (Å²) in [5.41, 5.74) is 4.65. The number of carbonyl (C=O) groups excluding carboxylic acids is 1. The van der Waals surface area contributed by atoms with Crippen molar-refractivity contribution in [3.05, 3.63) is 52.1 Å². The highest BCUT2D eigenvalue weighted by molar-refractivity contribution is 5.96. The summed E-state index contributed by atoms with van der Waals surface area (Å²) in [6.45, 7) is 9.70. The SMILES string of the molecule is COC(=O)c1c(C)c(N=Nc2ccc(CC(C)C)cc2)c(C)c(C)c1O. The van der Waals surface area contributed by atoms with Gasteiger partial charge in [0.1, 0.15) is 11.3 Å². The molecule has 2 aromatic carbocycles. The van der Waals surface area contributed by atoms with Crippen molar-refractivity contribution in [2.24, 2.45) is 16.1 Å². The second kappa shape index (κ2) is 8.13. The lowest BCUT2D eigenvalue weighted by atomic mass is 9.96. The number of methoxy groups -OCH3 is 1. The van der Waals surface area contributed by atoms with Crippen molar-refractivity contribution in [1.29, 1.82) is 0 Å². The third-order valence-corrected chi connectivity index (χ3v) is 4.48. The van der Waals surface area contributed by atoms with Crippen LogP contribution in [-0.2, 0) is 11.2 Å². The predicted molar refractivity (Wildman–Crippen MR) is 103 cm³/mol. The number of azo groups is 1. The van der Waals surface area contributed by atoms with Crippen molar-refractivity contribution >= 4 is 17.3 Å². The van der Waals surface area contributed by atoms with E-state index in [4.69, 9.17) is 4.74 Å². The van der Waals surface area contributed by atoms with Crippen LogP contribution in [0.3, 0.4) is 0 Å². The summed E-state index contributed by atoms with van der Waals surface area (Å²) in [6.07, 6.45) is 1.02. The Bertz CT molecular complexity index is 838. The fraction of sp³-hybridized carbons (Fsp3) is 0.381. The Balaban J connectivity index is 2.41. The first kappa shape index (κ1) is 19.6. The zero-order valence-corrected chi connectivity index (χ0v) is 16.3. The maximum Gasteiger partial charge on any atom is 0.342 e. The van der Waals surface area contributed by atoms with Crippen LogP contribution in [0.5, 0.6) is 5.75 Å². The van der Waals surface area contributed by atoms with E-state index >= 15 is 0 Å². The second-order valence-corrected chi connectivity index (χ2v) is 6.90. The van der Waals surface area contributed by atoms with Crippen LogP contribution >= 0.6 is 0 Å². The van der Waals surface area contributed by atoms with Crippen molar-refractivity contribution in [3.8, 4) is 5.75 Å². The maximum atomic E-state index is 12.0. The zero-order valence-electron chi connectivity index (χ0n) is 16.3. The lowest BCUT2D eigenvalue weighted by Crippen LogP contribution is -2.06. The lowest BCUT2D eigenvalue weighted by Gasteiger charge is -2.14. The molecule has 2 aromatic rings. The molecule has 138 valence electrons. The fourth-order valence-electron chi connectivity index (χ4n) is 2.90. The first-order valence-electron chi connectivity index (χ1n) is 8.68. The number of esters is 1. The normalized spacial score (nSPS) is 11.3. The molecule has 0 atom stereocenters. The number of carbonyl (C=O) groups is 1. The Kier molecular flexibility index (Phi) is 6.14. The molecule has 5 nitrogen and oxygen atoms in total. The van der Waals surface area contributed by atoms with Crippen molar-refractivity contribution in [2.45, 2.75) is 41.0 Å². The molecule has 0 spiro atoms. The molecular weight excluding hydrogens is 328 g/mol. The summed E-state index contributed by atoms with van der Waals surface area (Å²) < 4.78 is 4.78. The minimum atomic E-state index is -0.586. The smallest absolute Gasteiger partial charge is 0.342 e. The molecule has 0 saturated carbocycles. The third kappa shape index (κ3) is 4.10. The average Bonchev–Trinajstić information content (AvgIpc) is 2.60. The van der Waals surface area contributed by atoms with Crippen LogP contribution in [0.15, 0.2) is 34.5 Å². The molecule has 0 amide bonds. The minimum Gasteiger partial charge on any atom is -0.507 e. The summed E-state index contributed by atoms with van der Waals surface area (Å²) in [5.74, 6) is -0.0501. The highest BCUT2D eigenvalue weighted by Crippen LogP contribution is 2.38. The standard InChI is InChI=1S/C21H26N2O3/c1-12(2)11-16-7-9-17(10-8-16)22-23-19-13(3)14(4)20(24)18(15(19)5)21(25)26-6/h7-10,12,24H,11H2,1-6H3. The van der Waals surface area contributed by atoms with Crippen LogP contribution in [0, 0.1) is 26.7 Å². The van der Waals surface area contributed by atoms with Gasteiger partial charge in [0.05, 0.1) is 18.5 Å². The monoisotopic (exact) mass is 354 g/mol. The molecule has 0 bridgehead atoms. The number of hydrogen-bond donors (Lipinski definition) is 1. The molecule has 0 aromatic heterocycles. The molecule has 26 heavy (non-hydrogen) atoms. The van der Waals surface area contributed by atoms with E-state index in [2.05, 4.69) is 36.2 Å². The topological polar surface area (TPSA) is 71.2 Å².